The summed E-state index contributed by atoms with van der Waals surface area (Å²) in [4.78, 5) is 0. The lowest BCUT2D eigenvalue weighted by molar-refractivity contribution is 0.482. The molecule has 0 bridgehead atoms. The van der Waals surface area contributed by atoms with E-state index in [2.05, 4.69) is 15.9 Å². The molecule has 4 nitrogen and oxygen atoms in total. The molecule has 0 heterocycles. The minimum atomic E-state index is -3.78. The molecule has 0 aromatic heterocycles. The maximum absolute atomic E-state index is 14.0. The summed E-state index contributed by atoms with van der Waals surface area (Å²) in [6.45, 7) is 1.48. The first-order valence-corrected chi connectivity index (χ1v) is 9.46. The molecule has 1 saturated carbocycles. The highest BCUT2D eigenvalue weighted by Gasteiger charge is 2.49. The van der Waals surface area contributed by atoms with Gasteiger partial charge in [-0.25, -0.2) is 12.8 Å². The molecular formula is C15H18BrFN2O2S. The minimum absolute atomic E-state index is 0.122. The molecule has 0 radical (unpaired) electrons. The van der Waals surface area contributed by atoms with Gasteiger partial charge in [0.15, 0.2) is 14.6 Å². The van der Waals surface area contributed by atoms with E-state index in [9.17, 15) is 18.1 Å². The van der Waals surface area contributed by atoms with Crippen LogP contribution in [0.2, 0.25) is 0 Å². The van der Waals surface area contributed by atoms with E-state index in [0.717, 1.165) is 0 Å². The van der Waals surface area contributed by atoms with Crippen LogP contribution in [0.25, 0.3) is 0 Å². The molecule has 0 saturated heterocycles. The summed E-state index contributed by atoms with van der Waals surface area (Å²) >= 11 is 3.23. The third kappa shape index (κ3) is 3.05. The van der Waals surface area contributed by atoms with Crippen LogP contribution in [0.5, 0.6) is 0 Å². The first kappa shape index (κ1) is 17.4. The van der Waals surface area contributed by atoms with Gasteiger partial charge >= 0.3 is 0 Å². The Hall–Kier alpha value is -0.970. The predicted octanol–water partition coefficient (Wildman–Crippen LogP) is 3.01. The van der Waals surface area contributed by atoms with E-state index in [1.807, 2.05) is 6.07 Å². The fourth-order valence-corrected chi connectivity index (χ4v) is 5.62. The monoisotopic (exact) mass is 388 g/mol. The lowest BCUT2D eigenvalue weighted by Crippen LogP contribution is -2.47. The third-order valence-corrected chi connectivity index (χ3v) is 7.41. The van der Waals surface area contributed by atoms with Gasteiger partial charge in [0, 0.05) is 10.0 Å². The molecule has 2 rings (SSSR count). The van der Waals surface area contributed by atoms with E-state index in [1.54, 1.807) is 0 Å². The van der Waals surface area contributed by atoms with Crippen molar-refractivity contribution >= 4 is 25.8 Å². The van der Waals surface area contributed by atoms with Gasteiger partial charge in [0.1, 0.15) is 5.82 Å². The van der Waals surface area contributed by atoms with Crippen molar-refractivity contribution in [3.05, 3.63) is 34.1 Å². The van der Waals surface area contributed by atoms with Crippen molar-refractivity contribution < 1.29 is 12.8 Å². The average molecular weight is 389 g/mol. The van der Waals surface area contributed by atoms with E-state index in [4.69, 9.17) is 5.73 Å². The lowest BCUT2D eigenvalue weighted by Gasteiger charge is -2.30. The van der Waals surface area contributed by atoms with Crippen molar-refractivity contribution in [1.29, 1.82) is 5.26 Å². The predicted molar refractivity (Wildman–Crippen MR) is 86.2 cm³/mol. The molecule has 0 spiro atoms. The number of nitriles is 1. The molecular weight excluding hydrogens is 371 g/mol. The SMILES string of the molecule is C[C@](N)(CS(=O)(=O)C1(C#N)CCCC1)c1cc(Br)ccc1F. The number of hydrogen-bond donors (Lipinski definition) is 1. The van der Waals surface area contributed by atoms with E-state index >= 15 is 0 Å². The van der Waals surface area contributed by atoms with Crippen LogP contribution >= 0.6 is 15.9 Å². The smallest absolute Gasteiger partial charge is 0.171 e. The second kappa shape index (κ2) is 5.91. The van der Waals surface area contributed by atoms with Crippen LogP contribution in [-0.4, -0.2) is 18.9 Å². The van der Waals surface area contributed by atoms with Gasteiger partial charge in [-0.3, -0.25) is 0 Å². The summed E-state index contributed by atoms with van der Waals surface area (Å²) in [6, 6.07) is 6.22. The Morgan fingerprint density at radius 3 is 2.59 bits per heavy atom. The Balaban J connectivity index is 2.39. The number of nitrogens with two attached hydrogens (primary N) is 1. The zero-order chi connectivity index (χ0) is 16.6. The first-order valence-electron chi connectivity index (χ1n) is 7.02. The van der Waals surface area contributed by atoms with Gasteiger partial charge in [0.05, 0.1) is 17.4 Å². The van der Waals surface area contributed by atoms with Gasteiger partial charge in [-0.05, 0) is 38.0 Å². The second-order valence-electron chi connectivity index (χ2n) is 6.11. The summed E-state index contributed by atoms with van der Waals surface area (Å²) in [6.07, 6.45) is 2.06. The van der Waals surface area contributed by atoms with Crippen LogP contribution in [0.1, 0.15) is 38.2 Å². The summed E-state index contributed by atoms with van der Waals surface area (Å²) in [5.41, 5.74) is 4.84. The lowest BCUT2D eigenvalue weighted by atomic mass is 9.95. The van der Waals surface area contributed by atoms with Crippen LogP contribution in [-0.2, 0) is 15.4 Å². The van der Waals surface area contributed by atoms with Gasteiger partial charge in [-0.1, -0.05) is 28.8 Å². The maximum Gasteiger partial charge on any atom is 0.171 e. The standard InChI is InChI=1S/C15H18BrFN2O2S/c1-14(19,12-8-11(16)4-5-13(12)17)10-22(20,21)15(9-18)6-2-3-7-15/h4-5,8H,2-3,6-7,10,19H2,1H3/t14-/m0/s1. The molecule has 0 unspecified atom stereocenters. The number of benzene rings is 1. The zero-order valence-corrected chi connectivity index (χ0v) is 14.7. The Kier molecular flexibility index (Phi) is 4.67. The van der Waals surface area contributed by atoms with Crippen LogP contribution in [0, 0.1) is 17.1 Å². The van der Waals surface area contributed by atoms with E-state index < -0.39 is 31.7 Å². The highest BCUT2D eigenvalue weighted by atomic mass is 79.9. The first-order chi connectivity index (χ1) is 10.1. The number of nitrogens with zero attached hydrogens (tertiary/aromatic N) is 1. The summed E-state index contributed by atoms with van der Waals surface area (Å²) in [5, 5.41) is 9.37. The van der Waals surface area contributed by atoms with Gasteiger partial charge < -0.3 is 5.73 Å². The highest BCUT2D eigenvalue weighted by Crippen LogP contribution is 2.39. The molecule has 1 fully saturated rings. The van der Waals surface area contributed by atoms with Crippen LogP contribution in [0.3, 0.4) is 0 Å². The molecule has 1 aliphatic carbocycles. The molecule has 0 amide bonds. The number of halogens is 2. The molecule has 1 aromatic carbocycles. The fourth-order valence-electron chi connectivity index (χ4n) is 2.98. The number of rotatable bonds is 4. The Morgan fingerprint density at radius 2 is 2.05 bits per heavy atom. The van der Waals surface area contributed by atoms with Crippen LogP contribution in [0.4, 0.5) is 4.39 Å². The quantitative estimate of drug-likeness (QED) is 0.858. The van der Waals surface area contributed by atoms with Crippen molar-refractivity contribution in [2.75, 3.05) is 5.75 Å². The third-order valence-electron chi connectivity index (χ3n) is 4.24. The maximum atomic E-state index is 14.0. The molecule has 1 aromatic rings. The Labute approximate surface area is 138 Å². The van der Waals surface area contributed by atoms with Crippen LogP contribution in [0.15, 0.2) is 22.7 Å². The van der Waals surface area contributed by atoms with E-state index in [-0.39, 0.29) is 5.56 Å². The topological polar surface area (TPSA) is 84.0 Å². The summed E-state index contributed by atoms with van der Waals surface area (Å²) < 4.78 is 38.7. The van der Waals surface area contributed by atoms with Crippen molar-refractivity contribution in [2.45, 2.75) is 42.9 Å². The molecule has 1 aliphatic rings. The number of hydrogen-bond acceptors (Lipinski definition) is 4. The fraction of sp³-hybridized carbons (Fsp3) is 0.533. The Morgan fingerprint density at radius 1 is 1.45 bits per heavy atom. The summed E-state index contributed by atoms with van der Waals surface area (Å²) in [5.74, 6) is -1.01. The Bertz CT molecular complexity index is 720. The molecule has 7 heteroatoms. The van der Waals surface area contributed by atoms with Gasteiger partial charge in [-0.15, -0.1) is 0 Å². The zero-order valence-electron chi connectivity index (χ0n) is 12.3. The molecule has 22 heavy (non-hydrogen) atoms. The van der Waals surface area contributed by atoms with E-state index in [0.29, 0.717) is 30.2 Å². The van der Waals surface area contributed by atoms with Crippen molar-refractivity contribution in [3.8, 4) is 6.07 Å². The molecule has 0 aliphatic heterocycles. The molecule has 120 valence electrons. The largest absolute Gasteiger partial charge is 0.321 e. The van der Waals surface area contributed by atoms with Crippen molar-refractivity contribution in [2.24, 2.45) is 5.73 Å². The summed E-state index contributed by atoms with van der Waals surface area (Å²) in [7, 11) is -3.78. The van der Waals surface area contributed by atoms with Crippen LogP contribution < -0.4 is 5.73 Å². The average Bonchev–Trinajstić information content (AvgIpc) is 2.91. The van der Waals surface area contributed by atoms with Gasteiger partial charge in [-0.2, -0.15) is 5.26 Å². The van der Waals surface area contributed by atoms with Gasteiger partial charge in [0.25, 0.3) is 0 Å². The van der Waals surface area contributed by atoms with Crippen molar-refractivity contribution in [3.63, 3.8) is 0 Å². The minimum Gasteiger partial charge on any atom is -0.321 e. The van der Waals surface area contributed by atoms with Gasteiger partial charge in [0.2, 0.25) is 0 Å². The molecule has 1 atom stereocenters. The molecule has 2 N–H and O–H groups in total. The second-order valence-corrected chi connectivity index (χ2v) is 9.33. The highest BCUT2D eigenvalue weighted by molar-refractivity contribution is 9.10. The number of sulfone groups is 1. The van der Waals surface area contributed by atoms with E-state index in [1.165, 1.54) is 25.1 Å². The van der Waals surface area contributed by atoms with Crippen molar-refractivity contribution in [1.82, 2.24) is 0 Å². The normalized spacial score (nSPS) is 20.3.